The normalized spacial score (nSPS) is 11.7. The number of benzene rings is 16. The number of halogens is 1. The molecule has 0 aliphatic rings. The van der Waals surface area contributed by atoms with E-state index in [1.807, 2.05) is 42.5 Å². The third kappa shape index (κ3) is 10.1. The van der Waals surface area contributed by atoms with Crippen molar-refractivity contribution in [2.75, 3.05) is 0 Å². The molecule has 0 radical (unpaired) electrons. The second-order valence-corrected chi connectivity index (χ2v) is 27.5. The zero-order chi connectivity index (χ0) is 70.5. The Labute approximate surface area is 614 Å². The molecule has 8 nitrogen and oxygen atoms in total. The van der Waals surface area contributed by atoms with Crippen molar-refractivity contribution in [1.29, 1.82) is 0 Å². The quantitative estimate of drug-likeness (QED) is 0.149. The lowest BCUT2D eigenvalue weighted by molar-refractivity contribution is 0.426. The largest absolute Gasteiger partial charge is 0.488 e. The van der Waals surface area contributed by atoms with Gasteiger partial charge in [0.2, 0.25) is 0 Å². The first kappa shape index (κ1) is 62.4. The van der Waals surface area contributed by atoms with Crippen LogP contribution in [0.25, 0.3) is 176 Å². The van der Waals surface area contributed by atoms with E-state index < -0.39 is 7.12 Å². The highest BCUT2D eigenvalue weighted by Gasteiger charge is 2.24. The molecular formula is C96H64BClN6O2. The Morgan fingerprint density at radius 3 is 0.858 bits per heavy atom. The molecule has 0 atom stereocenters. The molecule has 0 aliphatic carbocycles. The first-order valence-corrected chi connectivity index (χ1v) is 36.2. The molecule has 0 amide bonds. The standard InChI is InChI=1S/C48H31N3.C30H19ClN2.C18H14BNO2/c1-3-13-34(14-4-1)50-44-22-12-9-19-40(44)47-46(50)30-28-39-41-31-33(25-29-45(41)51(48(39)47)35-15-5-2-6-16-35)32-23-26-36(27-24-32)49-42-20-10-7-17-37(42)38-18-8-11-21-43(38)49;31-20-15-17-27-25(19-20)23-16-18-28-29(30(23)33(27)22-11-5-2-6-12-22)24-13-7-8-14-26(24)32(28)21-9-3-1-4-10-21;21-19(22)13-9-11-14(12-10-13)20-17-7-3-1-5-15(17)16-6-2-4-8-18(16)20/h1-31H;1-19H;1-12,21-22H. The minimum atomic E-state index is -1.44. The fourth-order valence-corrected chi connectivity index (χ4v) is 16.8. The summed E-state index contributed by atoms with van der Waals surface area (Å²) in [7, 11) is -1.44. The number of fused-ring (bicyclic) bond motifs is 20. The van der Waals surface area contributed by atoms with Crippen LogP contribution in [0.4, 0.5) is 0 Å². The highest BCUT2D eigenvalue weighted by Crippen LogP contribution is 2.46. The molecule has 6 heterocycles. The number of hydrogen-bond donors (Lipinski definition) is 2. The van der Waals surface area contributed by atoms with Gasteiger partial charge in [-0.1, -0.05) is 236 Å². The molecule has 0 fully saturated rings. The second-order valence-electron chi connectivity index (χ2n) is 27.1. The third-order valence-electron chi connectivity index (χ3n) is 21.2. The van der Waals surface area contributed by atoms with Crippen LogP contribution in [0.3, 0.4) is 0 Å². The topological polar surface area (TPSA) is 70.0 Å². The van der Waals surface area contributed by atoms with Gasteiger partial charge in [-0.3, -0.25) is 0 Å². The number of rotatable bonds is 8. The molecule has 500 valence electrons. The maximum absolute atomic E-state index is 9.24. The number of hydrogen-bond acceptors (Lipinski definition) is 2. The van der Waals surface area contributed by atoms with Crippen molar-refractivity contribution in [1.82, 2.24) is 27.4 Å². The highest BCUT2D eigenvalue weighted by molar-refractivity contribution is 6.58. The third-order valence-corrected chi connectivity index (χ3v) is 21.4. The molecule has 10 heteroatoms. The number of nitrogens with zero attached hydrogens (tertiary/aromatic N) is 6. The lowest BCUT2D eigenvalue weighted by Gasteiger charge is -2.10. The summed E-state index contributed by atoms with van der Waals surface area (Å²) in [5.74, 6) is 0. The van der Waals surface area contributed by atoms with E-state index in [0.29, 0.717) is 5.46 Å². The Hall–Kier alpha value is -13.4. The second kappa shape index (κ2) is 25.5. The molecule has 22 rings (SSSR count). The van der Waals surface area contributed by atoms with E-state index in [4.69, 9.17) is 11.6 Å². The zero-order valence-corrected chi connectivity index (χ0v) is 58.1. The molecule has 106 heavy (non-hydrogen) atoms. The van der Waals surface area contributed by atoms with Crippen molar-refractivity contribution in [2.45, 2.75) is 0 Å². The van der Waals surface area contributed by atoms with Gasteiger partial charge < -0.3 is 37.5 Å². The van der Waals surface area contributed by atoms with Crippen LogP contribution in [0.15, 0.2) is 376 Å². The maximum atomic E-state index is 9.24. The van der Waals surface area contributed by atoms with Crippen molar-refractivity contribution in [2.24, 2.45) is 0 Å². The van der Waals surface area contributed by atoms with Gasteiger partial charge in [0, 0.05) is 104 Å². The van der Waals surface area contributed by atoms with Crippen LogP contribution in [-0.4, -0.2) is 44.6 Å². The van der Waals surface area contributed by atoms with Crippen LogP contribution in [0.5, 0.6) is 0 Å². The summed E-state index contributed by atoms with van der Waals surface area (Å²) >= 11 is 6.46. The van der Waals surface area contributed by atoms with Gasteiger partial charge in [0.1, 0.15) is 0 Å². The summed E-state index contributed by atoms with van der Waals surface area (Å²) < 4.78 is 14.2. The van der Waals surface area contributed by atoms with Gasteiger partial charge in [0.15, 0.2) is 0 Å². The van der Waals surface area contributed by atoms with Crippen LogP contribution >= 0.6 is 11.6 Å². The molecule has 2 N–H and O–H groups in total. The van der Waals surface area contributed by atoms with E-state index in [2.05, 4.69) is 349 Å². The van der Waals surface area contributed by atoms with Crippen molar-refractivity contribution >= 4 is 155 Å². The molecule has 0 aliphatic heterocycles. The Bertz CT molecular complexity index is 7050. The van der Waals surface area contributed by atoms with E-state index >= 15 is 0 Å². The number of aromatic nitrogens is 6. The van der Waals surface area contributed by atoms with Crippen molar-refractivity contribution in [3.63, 3.8) is 0 Å². The van der Waals surface area contributed by atoms with Gasteiger partial charge in [-0.05, 0) is 168 Å². The SMILES string of the molecule is Clc1ccc2c(c1)c1ccc3c(c4ccccc4n3-c3ccccc3)c1n2-c1ccccc1.OB(O)c1ccc(-n2c3ccccc3c3ccccc32)cc1.c1ccc(-n2c3ccccc3c3c2ccc2c4cc(-c5ccc(-n6c7ccccc7c7ccccc76)cc5)ccc4n(-c4ccccc4)c23)cc1. The Balaban J connectivity index is 0.000000116. The predicted molar refractivity (Wildman–Crippen MR) is 446 cm³/mol. The van der Waals surface area contributed by atoms with E-state index in [1.165, 1.54) is 125 Å². The van der Waals surface area contributed by atoms with Crippen LogP contribution in [0, 0.1) is 0 Å². The smallest absolute Gasteiger partial charge is 0.423 e. The molecule has 6 aromatic heterocycles. The Morgan fingerprint density at radius 1 is 0.198 bits per heavy atom. The van der Waals surface area contributed by atoms with Crippen molar-refractivity contribution in [3.8, 4) is 45.3 Å². The Kier molecular flexibility index (Phi) is 15.0. The van der Waals surface area contributed by atoms with Crippen LogP contribution in [-0.2, 0) is 0 Å². The summed E-state index contributed by atoms with van der Waals surface area (Å²) in [6.07, 6.45) is 0. The zero-order valence-electron chi connectivity index (χ0n) is 57.3. The summed E-state index contributed by atoms with van der Waals surface area (Å²) in [6.45, 7) is 0. The lowest BCUT2D eigenvalue weighted by atomic mass is 9.80. The lowest BCUT2D eigenvalue weighted by Crippen LogP contribution is -2.29. The minimum absolute atomic E-state index is 0.490. The summed E-state index contributed by atoms with van der Waals surface area (Å²) in [6, 6.07) is 133. The van der Waals surface area contributed by atoms with Crippen LogP contribution < -0.4 is 5.46 Å². The summed E-state index contributed by atoms with van der Waals surface area (Å²) in [5, 5.41) is 34.1. The molecule has 0 bridgehead atoms. The molecule has 0 saturated carbocycles. The minimum Gasteiger partial charge on any atom is -0.423 e. The van der Waals surface area contributed by atoms with Crippen LogP contribution in [0.1, 0.15) is 0 Å². The van der Waals surface area contributed by atoms with E-state index in [0.717, 1.165) is 55.7 Å². The summed E-state index contributed by atoms with van der Waals surface area (Å²) in [5.41, 5.74) is 24.0. The van der Waals surface area contributed by atoms with Gasteiger partial charge in [0.05, 0.1) is 66.2 Å². The van der Waals surface area contributed by atoms with Gasteiger partial charge in [0.25, 0.3) is 0 Å². The molecule has 0 unspecified atom stereocenters. The first-order chi connectivity index (χ1) is 52.4. The fraction of sp³-hybridized carbons (Fsp3) is 0. The molecule has 0 spiro atoms. The van der Waals surface area contributed by atoms with E-state index in [9.17, 15) is 10.0 Å². The maximum Gasteiger partial charge on any atom is 0.488 e. The fourth-order valence-electron chi connectivity index (χ4n) is 16.7. The van der Waals surface area contributed by atoms with E-state index in [1.54, 1.807) is 12.1 Å². The Morgan fingerprint density at radius 2 is 0.472 bits per heavy atom. The molecular weight excluding hydrogens is 1320 g/mol. The molecule has 0 saturated heterocycles. The van der Waals surface area contributed by atoms with E-state index in [-0.39, 0.29) is 0 Å². The monoisotopic (exact) mass is 1380 g/mol. The number of para-hydroxylation sites is 10. The van der Waals surface area contributed by atoms with Crippen molar-refractivity contribution < 1.29 is 10.0 Å². The average molecular weight is 1380 g/mol. The predicted octanol–water partition coefficient (Wildman–Crippen LogP) is 23.6. The first-order valence-electron chi connectivity index (χ1n) is 35.8. The van der Waals surface area contributed by atoms with Gasteiger partial charge in [-0.2, -0.15) is 0 Å². The van der Waals surface area contributed by atoms with Crippen molar-refractivity contribution in [3.05, 3.63) is 381 Å². The van der Waals surface area contributed by atoms with Gasteiger partial charge in [-0.15, -0.1) is 0 Å². The van der Waals surface area contributed by atoms with Gasteiger partial charge in [-0.25, -0.2) is 0 Å². The molecule has 16 aromatic carbocycles. The van der Waals surface area contributed by atoms with Gasteiger partial charge >= 0.3 is 7.12 Å². The van der Waals surface area contributed by atoms with Crippen LogP contribution in [0.2, 0.25) is 5.02 Å². The molecule has 22 aromatic rings. The average Bonchev–Trinajstić information content (AvgIpc) is 1.56. The summed E-state index contributed by atoms with van der Waals surface area (Å²) in [4.78, 5) is 0. The highest BCUT2D eigenvalue weighted by atomic mass is 35.5.